The lowest BCUT2D eigenvalue weighted by molar-refractivity contribution is 0.102. The maximum atomic E-state index is 12.0. The van der Waals surface area contributed by atoms with Crippen LogP contribution in [0.5, 0.6) is 0 Å². The number of pyridine rings is 1. The van der Waals surface area contributed by atoms with Gasteiger partial charge in [-0.15, -0.1) is 0 Å². The van der Waals surface area contributed by atoms with Gasteiger partial charge in [0.25, 0.3) is 5.91 Å². The zero-order valence-electron chi connectivity index (χ0n) is 11.4. The third kappa shape index (κ3) is 3.96. The Morgan fingerprint density at radius 2 is 2.05 bits per heavy atom. The van der Waals surface area contributed by atoms with E-state index in [-0.39, 0.29) is 5.91 Å². The molecule has 0 unspecified atom stereocenters. The maximum absolute atomic E-state index is 12.0. The summed E-state index contributed by atoms with van der Waals surface area (Å²) in [7, 11) is 0. The van der Waals surface area contributed by atoms with Crippen LogP contribution >= 0.6 is 11.6 Å². The van der Waals surface area contributed by atoms with Crippen LogP contribution in [0.15, 0.2) is 42.6 Å². The lowest BCUT2D eigenvalue weighted by atomic mass is 10.2. The zero-order valence-corrected chi connectivity index (χ0v) is 12.1. The Labute approximate surface area is 123 Å². The van der Waals surface area contributed by atoms with Crippen LogP contribution in [0.2, 0.25) is 5.02 Å². The predicted octanol–water partition coefficient (Wildman–Crippen LogP) is 3.81. The van der Waals surface area contributed by atoms with E-state index in [2.05, 4.69) is 15.6 Å². The number of carbonyl (C=O) groups is 1. The summed E-state index contributed by atoms with van der Waals surface area (Å²) >= 11 is 5.87. The van der Waals surface area contributed by atoms with Crippen LogP contribution in [-0.2, 0) is 0 Å². The SMILES string of the molecule is CC(C)Nc1ccc(C(=O)Nc2cccc(Cl)c2)cn1. The van der Waals surface area contributed by atoms with E-state index in [0.29, 0.717) is 22.3 Å². The summed E-state index contributed by atoms with van der Waals surface area (Å²) in [6, 6.07) is 10.8. The number of hydrogen-bond donors (Lipinski definition) is 2. The largest absolute Gasteiger partial charge is 0.368 e. The molecule has 0 fully saturated rings. The molecule has 20 heavy (non-hydrogen) atoms. The minimum absolute atomic E-state index is 0.212. The Kier molecular flexibility index (Phi) is 4.58. The summed E-state index contributed by atoms with van der Waals surface area (Å²) < 4.78 is 0. The average molecular weight is 290 g/mol. The van der Waals surface area contributed by atoms with Crippen LogP contribution in [0.4, 0.5) is 11.5 Å². The van der Waals surface area contributed by atoms with Crippen molar-refractivity contribution in [1.29, 1.82) is 0 Å². The van der Waals surface area contributed by atoms with Crippen LogP contribution < -0.4 is 10.6 Å². The topological polar surface area (TPSA) is 54.0 Å². The molecule has 104 valence electrons. The standard InChI is InChI=1S/C15H16ClN3O/c1-10(2)18-14-7-6-11(9-17-14)15(20)19-13-5-3-4-12(16)8-13/h3-10H,1-2H3,(H,17,18)(H,19,20). The van der Waals surface area contributed by atoms with Crippen molar-refractivity contribution < 1.29 is 4.79 Å². The van der Waals surface area contributed by atoms with E-state index in [1.54, 1.807) is 42.6 Å². The van der Waals surface area contributed by atoms with E-state index in [1.165, 1.54) is 0 Å². The number of aromatic nitrogens is 1. The molecular formula is C15H16ClN3O. The molecule has 0 radical (unpaired) electrons. The van der Waals surface area contributed by atoms with Gasteiger partial charge in [-0.2, -0.15) is 0 Å². The Balaban J connectivity index is 2.06. The highest BCUT2D eigenvalue weighted by Crippen LogP contribution is 2.16. The third-order valence-electron chi connectivity index (χ3n) is 2.54. The van der Waals surface area contributed by atoms with Crippen molar-refractivity contribution >= 4 is 29.0 Å². The van der Waals surface area contributed by atoms with E-state index in [4.69, 9.17) is 11.6 Å². The van der Waals surface area contributed by atoms with Gasteiger partial charge in [0.1, 0.15) is 5.82 Å². The second-order valence-electron chi connectivity index (χ2n) is 4.70. The number of hydrogen-bond acceptors (Lipinski definition) is 3. The molecule has 4 nitrogen and oxygen atoms in total. The minimum Gasteiger partial charge on any atom is -0.368 e. The molecule has 0 aliphatic heterocycles. The predicted molar refractivity (Wildman–Crippen MR) is 82.4 cm³/mol. The van der Waals surface area contributed by atoms with Crippen molar-refractivity contribution in [1.82, 2.24) is 4.98 Å². The van der Waals surface area contributed by atoms with Gasteiger partial charge < -0.3 is 10.6 Å². The van der Waals surface area contributed by atoms with Gasteiger partial charge in [-0.25, -0.2) is 4.98 Å². The van der Waals surface area contributed by atoms with Gasteiger partial charge in [-0.1, -0.05) is 17.7 Å². The van der Waals surface area contributed by atoms with Crippen LogP contribution in [0.25, 0.3) is 0 Å². The van der Waals surface area contributed by atoms with Crippen molar-refractivity contribution in [3.05, 3.63) is 53.2 Å². The number of nitrogens with zero attached hydrogens (tertiary/aromatic N) is 1. The van der Waals surface area contributed by atoms with Gasteiger partial charge in [0.15, 0.2) is 0 Å². The van der Waals surface area contributed by atoms with Crippen LogP contribution in [-0.4, -0.2) is 16.9 Å². The Morgan fingerprint density at radius 1 is 1.25 bits per heavy atom. The number of benzene rings is 1. The number of anilines is 2. The quantitative estimate of drug-likeness (QED) is 0.900. The summed E-state index contributed by atoms with van der Waals surface area (Å²) in [5.41, 5.74) is 1.16. The Morgan fingerprint density at radius 3 is 2.65 bits per heavy atom. The Bertz CT molecular complexity index is 596. The van der Waals surface area contributed by atoms with E-state index in [1.807, 2.05) is 13.8 Å². The molecule has 0 atom stereocenters. The molecule has 1 amide bonds. The van der Waals surface area contributed by atoms with E-state index >= 15 is 0 Å². The number of carbonyl (C=O) groups excluding carboxylic acids is 1. The maximum Gasteiger partial charge on any atom is 0.257 e. The second-order valence-corrected chi connectivity index (χ2v) is 5.13. The van der Waals surface area contributed by atoms with E-state index in [0.717, 1.165) is 5.82 Å². The normalized spacial score (nSPS) is 10.4. The van der Waals surface area contributed by atoms with Crippen molar-refractivity contribution in [2.75, 3.05) is 10.6 Å². The third-order valence-corrected chi connectivity index (χ3v) is 2.78. The molecule has 2 aromatic rings. The lowest BCUT2D eigenvalue weighted by Crippen LogP contribution is -2.14. The molecule has 1 heterocycles. The fourth-order valence-corrected chi connectivity index (χ4v) is 1.87. The molecule has 2 N–H and O–H groups in total. The highest BCUT2D eigenvalue weighted by Gasteiger charge is 2.07. The molecule has 1 aromatic heterocycles. The smallest absolute Gasteiger partial charge is 0.257 e. The molecule has 0 aliphatic rings. The molecular weight excluding hydrogens is 274 g/mol. The molecule has 1 aromatic carbocycles. The Hall–Kier alpha value is -2.07. The first kappa shape index (κ1) is 14.3. The lowest BCUT2D eigenvalue weighted by Gasteiger charge is -2.09. The molecule has 2 rings (SSSR count). The summed E-state index contributed by atoms with van der Waals surface area (Å²) in [5, 5.41) is 6.52. The first-order valence-electron chi connectivity index (χ1n) is 6.34. The first-order chi connectivity index (χ1) is 9.54. The second kappa shape index (κ2) is 6.39. The minimum atomic E-state index is -0.212. The number of nitrogens with one attached hydrogen (secondary N) is 2. The van der Waals surface area contributed by atoms with Crippen LogP contribution in [0.1, 0.15) is 24.2 Å². The highest BCUT2D eigenvalue weighted by atomic mass is 35.5. The highest BCUT2D eigenvalue weighted by molar-refractivity contribution is 6.30. The summed E-state index contributed by atoms with van der Waals surface area (Å²) in [5.74, 6) is 0.537. The van der Waals surface area contributed by atoms with Gasteiger partial charge in [-0.3, -0.25) is 4.79 Å². The van der Waals surface area contributed by atoms with E-state index < -0.39 is 0 Å². The molecule has 0 saturated carbocycles. The molecule has 0 spiro atoms. The van der Waals surface area contributed by atoms with Gasteiger partial charge in [0.05, 0.1) is 5.56 Å². The zero-order chi connectivity index (χ0) is 14.5. The van der Waals surface area contributed by atoms with Crippen molar-refractivity contribution in [2.45, 2.75) is 19.9 Å². The number of halogens is 1. The number of rotatable bonds is 4. The van der Waals surface area contributed by atoms with Gasteiger partial charge >= 0.3 is 0 Å². The van der Waals surface area contributed by atoms with Crippen LogP contribution in [0, 0.1) is 0 Å². The summed E-state index contributed by atoms with van der Waals surface area (Å²) in [6.45, 7) is 4.06. The summed E-state index contributed by atoms with van der Waals surface area (Å²) in [6.07, 6.45) is 1.55. The van der Waals surface area contributed by atoms with Crippen molar-refractivity contribution in [3.63, 3.8) is 0 Å². The van der Waals surface area contributed by atoms with Gasteiger partial charge in [0, 0.05) is 22.9 Å². The van der Waals surface area contributed by atoms with Gasteiger partial charge in [-0.05, 0) is 44.2 Å². The molecule has 0 saturated heterocycles. The average Bonchev–Trinajstić information content (AvgIpc) is 2.38. The fraction of sp³-hybridized carbons (Fsp3) is 0.200. The monoisotopic (exact) mass is 289 g/mol. The number of amides is 1. The van der Waals surface area contributed by atoms with E-state index in [9.17, 15) is 4.79 Å². The summed E-state index contributed by atoms with van der Waals surface area (Å²) in [4.78, 5) is 16.2. The fourth-order valence-electron chi connectivity index (χ4n) is 1.68. The molecule has 5 heteroatoms. The van der Waals surface area contributed by atoms with Crippen LogP contribution in [0.3, 0.4) is 0 Å². The molecule has 0 bridgehead atoms. The van der Waals surface area contributed by atoms with Crippen molar-refractivity contribution in [3.8, 4) is 0 Å². The van der Waals surface area contributed by atoms with Crippen molar-refractivity contribution in [2.24, 2.45) is 0 Å². The molecule has 0 aliphatic carbocycles. The first-order valence-corrected chi connectivity index (χ1v) is 6.72. The van der Waals surface area contributed by atoms with Gasteiger partial charge in [0.2, 0.25) is 0 Å².